The molecule has 0 aliphatic rings. The maximum absolute atomic E-state index is 13.8. The maximum atomic E-state index is 13.8. The smallest absolute Gasteiger partial charge is 0.223 e. The molecule has 0 aliphatic carbocycles. The van der Waals surface area contributed by atoms with Gasteiger partial charge in [-0.3, -0.25) is 0 Å². The highest BCUT2D eigenvalue weighted by Crippen LogP contribution is 2.24. The zero-order chi connectivity index (χ0) is 14.0. The Bertz CT molecular complexity index is 624. The first kappa shape index (κ1) is 13.0. The largest absolute Gasteiger partial charge is 0.362 e. The Labute approximate surface area is 108 Å². The molecule has 0 radical (unpaired) electrons. The van der Waals surface area contributed by atoms with Crippen LogP contribution in [0.4, 0.5) is 14.5 Å². The van der Waals surface area contributed by atoms with Gasteiger partial charge >= 0.3 is 0 Å². The van der Waals surface area contributed by atoms with Crippen LogP contribution in [0, 0.1) is 29.9 Å². The molecule has 5 nitrogen and oxygen atoms in total. The number of rotatable bonds is 3. The third-order valence-electron chi connectivity index (χ3n) is 2.48. The van der Waals surface area contributed by atoms with Gasteiger partial charge in [0.15, 0.2) is 17.5 Å². The standard InChI is InChI=1S/C12H10F2N4O/c1-7-16-11(17-19-7)6-18(2)12-9(13)3-8(5-15)4-10(12)14/h3-4H,6H2,1-2H3. The third kappa shape index (κ3) is 2.68. The Balaban J connectivity index is 2.29. The highest BCUT2D eigenvalue weighted by atomic mass is 19.1. The van der Waals surface area contributed by atoms with Gasteiger partial charge in [0.25, 0.3) is 0 Å². The number of anilines is 1. The van der Waals surface area contributed by atoms with Crippen molar-refractivity contribution in [3.8, 4) is 6.07 Å². The Morgan fingerprint density at radius 2 is 2.00 bits per heavy atom. The Kier molecular flexibility index (Phi) is 3.42. The van der Waals surface area contributed by atoms with Crippen LogP contribution in [-0.2, 0) is 6.54 Å². The lowest BCUT2D eigenvalue weighted by Crippen LogP contribution is -2.20. The minimum atomic E-state index is -0.806. The summed E-state index contributed by atoms with van der Waals surface area (Å²) in [4.78, 5) is 5.27. The lowest BCUT2D eigenvalue weighted by atomic mass is 10.2. The van der Waals surface area contributed by atoms with Crippen molar-refractivity contribution in [3.63, 3.8) is 0 Å². The minimum absolute atomic E-state index is 0.0671. The summed E-state index contributed by atoms with van der Waals surface area (Å²) in [5.41, 5.74) is -0.302. The van der Waals surface area contributed by atoms with Crippen molar-refractivity contribution in [2.75, 3.05) is 11.9 Å². The van der Waals surface area contributed by atoms with Gasteiger partial charge in [-0.05, 0) is 12.1 Å². The van der Waals surface area contributed by atoms with Crippen molar-refractivity contribution in [1.82, 2.24) is 10.1 Å². The average molecular weight is 264 g/mol. The van der Waals surface area contributed by atoms with Gasteiger partial charge in [-0.1, -0.05) is 5.16 Å². The van der Waals surface area contributed by atoms with E-state index in [-0.39, 0.29) is 17.8 Å². The number of nitriles is 1. The minimum Gasteiger partial charge on any atom is -0.362 e. The van der Waals surface area contributed by atoms with Crippen molar-refractivity contribution in [1.29, 1.82) is 5.26 Å². The van der Waals surface area contributed by atoms with Crippen LogP contribution in [0.15, 0.2) is 16.7 Å². The van der Waals surface area contributed by atoms with Crippen LogP contribution in [0.5, 0.6) is 0 Å². The van der Waals surface area contributed by atoms with Crippen molar-refractivity contribution in [3.05, 3.63) is 41.0 Å². The van der Waals surface area contributed by atoms with Crippen LogP contribution in [0.1, 0.15) is 17.3 Å². The van der Waals surface area contributed by atoms with E-state index in [2.05, 4.69) is 10.1 Å². The zero-order valence-electron chi connectivity index (χ0n) is 10.3. The van der Waals surface area contributed by atoms with Gasteiger partial charge in [-0.2, -0.15) is 10.2 Å². The summed E-state index contributed by atoms with van der Waals surface area (Å²) in [6.07, 6.45) is 0. The zero-order valence-corrected chi connectivity index (χ0v) is 10.3. The molecule has 7 heteroatoms. The van der Waals surface area contributed by atoms with Crippen LogP contribution >= 0.6 is 0 Å². The lowest BCUT2D eigenvalue weighted by molar-refractivity contribution is 0.387. The summed E-state index contributed by atoms with van der Waals surface area (Å²) in [6, 6.07) is 3.65. The Hall–Kier alpha value is -2.49. The first-order valence-electron chi connectivity index (χ1n) is 5.40. The predicted octanol–water partition coefficient (Wildman–Crippen LogP) is 2.16. The molecule has 0 saturated heterocycles. The molecule has 1 aromatic carbocycles. The first-order valence-corrected chi connectivity index (χ1v) is 5.40. The normalized spacial score (nSPS) is 10.3. The maximum Gasteiger partial charge on any atom is 0.223 e. The molecule has 0 unspecified atom stereocenters. The molecule has 2 rings (SSSR count). The van der Waals surface area contributed by atoms with Gasteiger partial charge in [-0.25, -0.2) is 8.78 Å². The molecule has 0 amide bonds. The number of halogens is 2. The van der Waals surface area contributed by atoms with E-state index in [4.69, 9.17) is 9.78 Å². The first-order chi connectivity index (χ1) is 9.01. The molecule has 98 valence electrons. The molecule has 0 aliphatic heterocycles. The lowest BCUT2D eigenvalue weighted by Gasteiger charge is -2.18. The van der Waals surface area contributed by atoms with Crippen LogP contribution in [0.25, 0.3) is 0 Å². The van der Waals surface area contributed by atoms with Crippen molar-refractivity contribution >= 4 is 5.69 Å². The Morgan fingerprint density at radius 3 is 2.47 bits per heavy atom. The quantitative estimate of drug-likeness (QED) is 0.849. The van der Waals surface area contributed by atoms with Gasteiger partial charge in [-0.15, -0.1) is 0 Å². The molecule has 0 spiro atoms. The molecule has 19 heavy (non-hydrogen) atoms. The van der Waals surface area contributed by atoms with E-state index in [0.717, 1.165) is 12.1 Å². The van der Waals surface area contributed by atoms with Crippen molar-refractivity contribution in [2.24, 2.45) is 0 Å². The second-order valence-corrected chi connectivity index (χ2v) is 3.99. The van der Waals surface area contributed by atoms with Gasteiger partial charge < -0.3 is 9.42 Å². The van der Waals surface area contributed by atoms with Gasteiger partial charge in [0.05, 0.1) is 18.2 Å². The molecule has 0 saturated carbocycles. The monoisotopic (exact) mass is 264 g/mol. The van der Waals surface area contributed by atoms with Crippen molar-refractivity contribution < 1.29 is 13.3 Å². The van der Waals surface area contributed by atoms with Crippen molar-refractivity contribution in [2.45, 2.75) is 13.5 Å². The van der Waals surface area contributed by atoms with E-state index in [1.165, 1.54) is 11.9 Å². The summed E-state index contributed by atoms with van der Waals surface area (Å²) in [5.74, 6) is -0.911. The van der Waals surface area contributed by atoms with Crippen LogP contribution < -0.4 is 4.90 Å². The van der Waals surface area contributed by atoms with E-state index in [9.17, 15) is 8.78 Å². The second-order valence-electron chi connectivity index (χ2n) is 3.99. The third-order valence-corrected chi connectivity index (χ3v) is 2.48. The molecule has 0 bridgehead atoms. The van der Waals surface area contributed by atoms with Crippen LogP contribution in [-0.4, -0.2) is 17.2 Å². The van der Waals surface area contributed by atoms with E-state index in [0.29, 0.717) is 11.7 Å². The van der Waals surface area contributed by atoms with E-state index >= 15 is 0 Å². The highest BCUT2D eigenvalue weighted by Gasteiger charge is 2.17. The molecule has 0 fully saturated rings. The topological polar surface area (TPSA) is 66.0 Å². The van der Waals surface area contributed by atoms with Gasteiger partial charge in [0, 0.05) is 14.0 Å². The SMILES string of the molecule is Cc1nc(CN(C)c2c(F)cc(C#N)cc2F)no1. The number of aryl methyl sites for hydroxylation is 1. The fourth-order valence-corrected chi connectivity index (χ4v) is 1.69. The molecule has 1 heterocycles. The second kappa shape index (κ2) is 5.02. The van der Waals surface area contributed by atoms with Gasteiger partial charge in [0.1, 0.15) is 5.69 Å². The van der Waals surface area contributed by atoms with Crippen LogP contribution in [0.2, 0.25) is 0 Å². The number of benzene rings is 1. The summed E-state index contributed by atoms with van der Waals surface area (Å²) < 4.78 is 32.3. The average Bonchev–Trinajstić information content (AvgIpc) is 2.73. The highest BCUT2D eigenvalue weighted by molar-refractivity contribution is 5.52. The number of hydrogen-bond donors (Lipinski definition) is 0. The fraction of sp³-hybridized carbons (Fsp3) is 0.250. The summed E-state index contributed by atoms with van der Waals surface area (Å²) in [5, 5.41) is 12.3. The molecular weight excluding hydrogens is 254 g/mol. The van der Waals surface area contributed by atoms with Crippen LogP contribution in [0.3, 0.4) is 0 Å². The molecule has 2 aromatic rings. The summed E-state index contributed by atoms with van der Waals surface area (Å²) in [6.45, 7) is 1.72. The summed E-state index contributed by atoms with van der Waals surface area (Å²) in [7, 11) is 1.50. The predicted molar refractivity (Wildman–Crippen MR) is 62.2 cm³/mol. The number of aromatic nitrogens is 2. The Morgan fingerprint density at radius 1 is 1.37 bits per heavy atom. The fourth-order valence-electron chi connectivity index (χ4n) is 1.69. The van der Waals surface area contributed by atoms with E-state index < -0.39 is 11.6 Å². The van der Waals surface area contributed by atoms with E-state index in [1.807, 2.05) is 0 Å². The summed E-state index contributed by atoms with van der Waals surface area (Å²) >= 11 is 0. The number of hydrogen-bond acceptors (Lipinski definition) is 5. The molecule has 0 N–H and O–H groups in total. The molecular formula is C12H10F2N4O. The number of nitrogens with zero attached hydrogens (tertiary/aromatic N) is 4. The molecule has 0 atom stereocenters. The molecule has 1 aromatic heterocycles. The van der Waals surface area contributed by atoms with E-state index in [1.54, 1.807) is 13.0 Å². The van der Waals surface area contributed by atoms with Gasteiger partial charge in [0.2, 0.25) is 5.89 Å².